The molecule has 0 spiro atoms. The Labute approximate surface area is 138 Å². The van der Waals surface area contributed by atoms with Crippen LogP contribution in [0.1, 0.15) is 44.6 Å². The molecule has 1 rings (SSSR count). The Kier molecular flexibility index (Phi) is 6.79. The second-order valence-corrected chi connectivity index (χ2v) is 6.66. The topological polar surface area (TPSA) is 64.4 Å². The van der Waals surface area contributed by atoms with Gasteiger partial charge in [-0.3, -0.25) is 14.3 Å². The zero-order chi connectivity index (χ0) is 17.7. The van der Waals surface area contributed by atoms with Gasteiger partial charge in [-0.15, -0.1) is 0 Å². The summed E-state index contributed by atoms with van der Waals surface area (Å²) in [7, 11) is 1.70. The molecule has 0 aromatic carbocycles. The van der Waals surface area contributed by atoms with Gasteiger partial charge in [0.25, 0.3) is 5.91 Å². The summed E-state index contributed by atoms with van der Waals surface area (Å²) in [5.74, 6) is -0.111. The van der Waals surface area contributed by atoms with E-state index in [0.717, 1.165) is 23.5 Å². The maximum atomic E-state index is 12.0. The van der Waals surface area contributed by atoms with Crippen LogP contribution in [0.3, 0.4) is 0 Å². The van der Waals surface area contributed by atoms with E-state index in [4.69, 9.17) is 4.74 Å². The summed E-state index contributed by atoms with van der Waals surface area (Å²) >= 11 is 0. The van der Waals surface area contributed by atoms with Crippen molar-refractivity contribution in [1.29, 1.82) is 0 Å². The smallest absolute Gasteiger partial charge is 0.310 e. The summed E-state index contributed by atoms with van der Waals surface area (Å²) in [6, 6.07) is 0.0833. The first-order valence-electron chi connectivity index (χ1n) is 8.07. The summed E-state index contributed by atoms with van der Waals surface area (Å²) in [4.78, 5) is 25.4. The van der Waals surface area contributed by atoms with E-state index in [-0.39, 0.29) is 25.0 Å². The van der Waals surface area contributed by atoms with Crippen LogP contribution in [-0.2, 0) is 27.3 Å². The van der Waals surface area contributed by atoms with Gasteiger partial charge in [0.1, 0.15) is 0 Å². The van der Waals surface area contributed by atoms with Crippen molar-refractivity contribution in [2.24, 2.45) is 5.92 Å². The molecule has 0 bridgehead atoms. The van der Waals surface area contributed by atoms with Crippen LogP contribution in [0.25, 0.3) is 0 Å². The van der Waals surface area contributed by atoms with Crippen molar-refractivity contribution >= 4 is 11.9 Å². The number of hydrogen-bond donors (Lipinski definition) is 0. The minimum atomic E-state index is -0.397. The fourth-order valence-electron chi connectivity index (χ4n) is 2.24. The molecule has 6 heteroatoms. The van der Waals surface area contributed by atoms with E-state index >= 15 is 0 Å². The molecule has 6 nitrogen and oxygen atoms in total. The molecule has 23 heavy (non-hydrogen) atoms. The molecule has 0 N–H and O–H groups in total. The zero-order valence-corrected chi connectivity index (χ0v) is 15.3. The fourth-order valence-corrected chi connectivity index (χ4v) is 2.24. The largest absolute Gasteiger partial charge is 0.455 e. The van der Waals surface area contributed by atoms with Crippen LogP contribution in [0.5, 0.6) is 0 Å². The number of amides is 1. The van der Waals surface area contributed by atoms with Gasteiger partial charge in [0.15, 0.2) is 6.61 Å². The molecule has 130 valence electrons. The minimum absolute atomic E-state index is 0.0833. The van der Waals surface area contributed by atoms with E-state index in [1.54, 1.807) is 11.9 Å². The van der Waals surface area contributed by atoms with E-state index in [0.29, 0.717) is 5.92 Å². The molecule has 0 aliphatic carbocycles. The number of aryl methyl sites for hydroxylation is 1. The monoisotopic (exact) mass is 323 g/mol. The standard InChI is InChI=1S/C17H29N3O3/c1-11(2)9-20-14(6)15(13(5)18-20)8-17(22)23-10-16(21)19(7)12(3)4/h11-12H,8-10H2,1-7H3. The number of ether oxygens (including phenoxy) is 1. The summed E-state index contributed by atoms with van der Waals surface area (Å²) in [5, 5.41) is 4.48. The van der Waals surface area contributed by atoms with Gasteiger partial charge in [-0.25, -0.2) is 0 Å². The first-order valence-corrected chi connectivity index (χ1v) is 8.07. The molecule has 0 fully saturated rings. The van der Waals surface area contributed by atoms with Crippen molar-refractivity contribution in [2.75, 3.05) is 13.7 Å². The molecule has 1 aromatic rings. The zero-order valence-electron chi connectivity index (χ0n) is 15.3. The number of hydrogen-bond acceptors (Lipinski definition) is 4. The van der Waals surface area contributed by atoms with E-state index in [1.165, 1.54) is 0 Å². The summed E-state index contributed by atoms with van der Waals surface area (Å²) < 4.78 is 7.04. The van der Waals surface area contributed by atoms with E-state index in [9.17, 15) is 9.59 Å². The maximum Gasteiger partial charge on any atom is 0.310 e. The molecule has 0 atom stereocenters. The van der Waals surface area contributed by atoms with Crippen LogP contribution < -0.4 is 0 Å². The summed E-state index contributed by atoms with van der Waals surface area (Å²) in [6.45, 7) is 12.5. The Bertz CT molecular complexity index is 562. The van der Waals surface area contributed by atoms with Crippen LogP contribution in [-0.4, -0.2) is 46.3 Å². The predicted molar refractivity (Wildman–Crippen MR) is 89.1 cm³/mol. The lowest BCUT2D eigenvalue weighted by molar-refractivity contribution is -0.151. The molecule has 0 saturated heterocycles. The second kappa shape index (κ2) is 8.13. The highest BCUT2D eigenvalue weighted by Crippen LogP contribution is 2.15. The predicted octanol–water partition coefficient (Wildman–Crippen LogP) is 2.11. The van der Waals surface area contributed by atoms with E-state index in [1.807, 2.05) is 32.4 Å². The maximum absolute atomic E-state index is 12.0. The number of carbonyl (C=O) groups is 2. The fraction of sp³-hybridized carbons (Fsp3) is 0.706. The minimum Gasteiger partial charge on any atom is -0.455 e. The normalized spacial score (nSPS) is 11.2. The van der Waals surface area contributed by atoms with Crippen molar-refractivity contribution in [1.82, 2.24) is 14.7 Å². The second-order valence-electron chi connectivity index (χ2n) is 6.66. The first-order chi connectivity index (χ1) is 10.6. The summed E-state index contributed by atoms with van der Waals surface area (Å²) in [5.41, 5.74) is 2.71. The number of aromatic nitrogens is 2. The summed E-state index contributed by atoms with van der Waals surface area (Å²) in [6.07, 6.45) is 0.147. The molecule has 0 aliphatic rings. The highest BCUT2D eigenvalue weighted by molar-refractivity contribution is 5.81. The molecule has 1 amide bonds. The highest BCUT2D eigenvalue weighted by atomic mass is 16.5. The Morgan fingerprint density at radius 2 is 1.83 bits per heavy atom. The molecule has 0 radical (unpaired) electrons. The third-order valence-electron chi connectivity index (χ3n) is 3.92. The third-order valence-corrected chi connectivity index (χ3v) is 3.92. The molecule has 1 aromatic heterocycles. The Morgan fingerprint density at radius 3 is 2.35 bits per heavy atom. The number of esters is 1. The molecule has 0 saturated carbocycles. The molecule has 0 unspecified atom stereocenters. The van der Waals surface area contributed by atoms with Gasteiger partial charge in [0.05, 0.1) is 12.1 Å². The van der Waals surface area contributed by atoms with Crippen LogP contribution in [0.4, 0.5) is 0 Å². The SMILES string of the molecule is Cc1nn(CC(C)C)c(C)c1CC(=O)OCC(=O)N(C)C(C)C. The van der Waals surface area contributed by atoms with Crippen molar-refractivity contribution in [3.8, 4) is 0 Å². The van der Waals surface area contributed by atoms with Crippen molar-refractivity contribution in [3.05, 3.63) is 17.0 Å². The van der Waals surface area contributed by atoms with Crippen molar-refractivity contribution in [2.45, 2.75) is 60.5 Å². The number of rotatable bonds is 7. The lowest BCUT2D eigenvalue weighted by Gasteiger charge is -2.21. The van der Waals surface area contributed by atoms with E-state index in [2.05, 4.69) is 18.9 Å². The van der Waals surface area contributed by atoms with E-state index < -0.39 is 5.97 Å². The van der Waals surface area contributed by atoms with Gasteiger partial charge in [0.2, 0.25) is 0 Å². The number of carbonyl (C=O) groups excluding carboxylic acids is 2. The van der Waals surface area contributed by atoms with Gasteiger partial charge in [-0.1, -0.05) is 13.8 Å². The van der Waals surface area contributed by atoms with Gasteiger partial charge in [-0.05, 0) is 33.6 Å². The van der Waals surface area contributed by atoms with Crippen molar-refractivity contribution < 1.29 is 14.3 Å². The first kappa shape index (κ1) is 19.2. The molecular weight excluding hydrogens is 294 g/mol. The highest BCUT2D eigenvalue weighted by Gasteiger charge is 2.18. The lowest BCUT2D eigenvalue weighted by Crippen LogP contribution is -2.36. The van der Waals surface area contributed by atoms with Gasteiger partial charge in [-0.2, -0.15) is 5.10 Å². The Morgan fingerprint density at radius 1 is 1.22 bits per heavy atom. The Hall–Kier alpha value is -1.85. The third kappa shape index (κ3) is 5.37. The van der Waals surface area contributed by atoms with Crippen LogP contribution in [0.15, 0.2) is 0 Å². The average molecular weight is 323 g/mol. The molecule has 1 heterocycles. The van der Waals surface area contributed by atoms with Crippen LogP contribution in [0, 0.1) is 19.8 Å². The Balaban J connectivity index is 2.64. The van der Waals surface area contributed by atoms with Crippen LogP contribution >= 0.6 is 0 Å². The van der Waals surface area contributed by atoms with Gasteiger partial charge >= 0.3 is 5.97 Å². The van der Waals surface area contributed by atoms with Gasteiger partial charge < -0.3 is 9.64 Å². The number of nitrogens with zero attached hydrogens (tertiary/aromatic N) is 3. The lowest BCUT2D eigenvalue weighted by atomic mass is 10.1. The van der Waals surface area contributed by atoms with Crippen molar-refractivity contribution in [3.63, 3.8) is 0 Å². The average Bonchev–Trinajstić information content (AvgIpc) is 2.70. The molecule has 0 aliphatic heterocycles. The number of likely N-dealkylation sites (N-methyl/N-ethyl adjacent to an activating group) is 1. The quantitative estimate of drug-likeness (QED) is 0.721. The van der Waals surface area contributed by atoms with Crippen LogP contribution in [0.2, 0.25) is 0 Å². The van der Waals surface area contributed by atoms with Gasteiger partial charge in [0, 0.05) is 30.9 Å². The molecular formula is C17H29N3O3.